The summed E-state index contributed by atoms with van der Waals surface area (Å²) in [5.41, 5.74) is 0. The average Bonchev–Trinajstić information content (AvgIpc) is 1.97. The Morgan fingerprint density at radius 3 is 2.50 bits per heavy atom. The van der Waals surface area contributed by atoms with Gasteiger partial charge in [-0.3, -0.25) is 0 Å². The molecule has 0 aliphatic carbocycles. The Bertz CT molecular complexity index is 81.3. The molecule has 0 aromatic rings. The topological polar surface area (TPSA) is 20.2 Å². The molecule has 0 radical (unpaired) electrons. The molecular formula is C8H15IO. The summed E-state index contributed by atoms with van der Waals surface area (Å²) >= 11 is 2.40. The molecule has 0 aliphatic heterocycles. The van der Waals surface area contributed by atoms with Crippen LogP contribution in [0.4, 0.5) is 0 Å². The Morgan fingerprint density at radius 2 is 1.90 bits per heavy atom. The molecular weight excluding hydrogens is 239 g/mol. The third-order valence-corrected chi connectivity index (χ3v) is 2.04. The second kappa shape index (κ2) is 9.43. The van der Waals surface area contributed by atoms with Crippen LogP contribution in [-0.2, 0) is 0 Å². The summed E-state index contributed by atoms with van der Waals surface area (Å²) in [6.45, 7) is 0.187. The zero-order valence-electron chi connectivity index (χ0n) is 6.22. The predicted octanol–water partition coefficient (Wildman–Crippen LogP) is 2.53. The molecule has 0 aliphatic rings. The first-order valence-corrected chi connectivity index (χ1v) is 5.26. The summed E-state index contributed by atoms with van der Waals surface area (Å²) in [6, 6.07) is 0. The van der Waals surface area contributed by atoms with Gasteiger partial charge in [-0.05, 0) is 23.7 Å². The van der Waals surface area contributed by atoms with Gasteiger partial charge in [0.1, 0.15) is 0 Å². The molecule has 0 bridgehead atoms. The summed E-state index contributed by atoms with van der Waals surface area (Å²) < 4.78 is 1.27. The van der Waals surface area contributed by atoms with Crippen molar-refractivity contribution < 1.29 is 5.11 Å². The van der Waals surface area contributed by atoms with Crippen molar-refractivity contribution in [3.63, 3.8) is 0 Å². The number of aliphatic hydroxyl groups is 1. The maximum atomic E-state index is 8.38. The number of hydrogen-bond donors (Lipinski definition) is 1. The van der Waals surface area contributed by atoms with E-state index in [-0.39, 0.29) is 6.61 Å². The molecule has 0 atom stereocenters. The van der Waals surface area contributed by atoms with E-state index in [4.69, 9.17) is 5.11 Å². The van der Waals surface area contributed by atoms with Crippen molar-refractivity contribution in [1.82, 2.24) is 0 Å². The SMILES string of the molecule is OC/C=C/CCCCCI. The largest absolute Gasteiger partial charge is 0.392 e. The van der Waals surface area contributed by atoms with Gasteiger partial charge in [-0.25, -0.2) is 0 Å². The molecule has 0 aromatic heterocycles. The summed E-state index contributed by atoms with van der Waals surface area (Å²) in [5.74, 6) is 0. The van der Waals surface area contributed by atoms with E-state index < -0.39 is 0 Å². The highest BCUT2D eigenvalue weighted by Gasteiger charge is 1.83. The first-order chi connectivity index (χ1) is 4.91. The number of unbranched alkanes of at least 4 members (excludes halogenated alkanes) is 3. The maximum absolute atomic E-state index is 8.38. The molecule has 10 heavy (non-hydrogen) atoms. The summed E-state index contributed by atoms with van der Waals surface area (Å²) in [6.07, 6.45) is 8.89. The van der Waals surface area contributed by atoms with Gasteiger partial charge in [0.2, 0.25) is 0 Å². The van der Waals surface area contributed by atoms with E-state index in [1.54, 1.807) is 0 Å². The third kappa shape index (κ3) is 8.43. The van der Waals surface area contributed by atoms with E-state index in [0.717, 1.165) is 6.42 Å². The monoisotopic (exact) mass is 254 g/mol. The normalized spacial score (nSPS) is 11.0. The molecule has 0 spiro atoms. The second-order valence-corrected chi connectivity index (χ2v) is 3.27. The molecule has 0 fully saturated rings. The molecule has 60 valence electrons. The van der Waals surface area contributed by atoms with Gasteiger partial charge in [0.15, 0.2) is 0 Å². The van der Waals surface area contributed by atoms with Gasteiger partial charge in [0.25, 0.3) is 0 Å². The van der Waals surface area contributed by atoms with Crippen LogP contribution < -0.4 is 0 Å². The van der Waals surface area contributed by atoms with Crippen LogP contribution in [0.15, 0.2) is 12.2 Å². The van der Waals surface area contributed by atoms with Crippen molar-refractivity contribution in [2.45, 2.75) is 25.7 Å². The van der Waals surface area contributed by atoms with Gasteiger partial charge in [-0.1, -0.05) is 41.2 Å². The van der Waals surface area contributed by atoms with Crippen LogP contribution in [0.2, 0.25) is 0 Å². The van der Waals surface area contributed by atoms with Crippen LogP contribution in [0.3, 0.4) is 0 Å². The maximum Gasteiger partial charge on any atom is 0.0612 e. The number of allylic oxidation sites excluding steroid dienone is 1. The Kier molecular flexibility index (Phi) is 9.84. The van der Waals surface area contributed by atoms with Gasteiger partial charge in [0.05, 0.1) is 6.61 Å². The van der Waals surface area contributed by atoms with Gasteiger partial charge in [-0.15, -0.1) is 0 Å². The second-order valence-electron chi connectivity index (χ2n) is 2.19. The van der Waals surface area contributed by atoms with Crippen LogP contribution in [-0.4, -0.2) is 16.1 Å². The van der Waals surface area contributed by atoms with Crippen molar-refractivity contribution in [3.8, 4) is 0 Å². The minimum Gasteiger partial charge on any atom is -0.392 e. The van der Waals surface area contributed by atoms with Crippen LogP contribution in [0, 0.1) is 0 Å². The van der Waals surface area contributed by atoms with Crippen LogP contribution in [0.25, 0.3) is 0 Å². The average molecular weight is 254 g/mol. The lowest BCUT2D eigenvalue weighted by atomic mass is 10.2. The highest BCUT2D eigenvalue weighted by atomic mass is 127. The molecule has 0 aromatic carbocycles. The lowest BCUT2D eigenvalue weighted by molar-refractivity contribution is 0.342. The van der Waals surface area contributed by atoms with E-state index in [1.165, 1.54) is 23.7 Å². The quantitative estimate of drug-likeness (QED) is 0.334. The Balaban J connectivity index is 2.83. The zero-order chi connectivity index (χ0) is 7.66. The highest BCUT2D eigenvalue weighted by molar-refractivity contribution is 14.1. The zero-order valence-corrected chi connectivity index (χ0v) is 8.38. The van der Waals surface area contributed by atoms with E-state index in [2.05, 4.69) is 22.6 Å². The molecule has 0 saturated carbocycles. The minimum absolute atomic E-state index is 0.187. The van der Waals surface area contributed by atoms with Gasteiger partial charge in [-0.2, -0.15) is 0 Å². The molecule has 0 rings (SSSR count). The number of alkyl halides is 1. The van der Waals surface area contributed by atoms with Crippen molar-refractivity contribution in [2.24, 2.45) is 0 Å². The Morgan fingerprint density at radius 1 is 1.10 bits per heavy atom. The van der Waals surface area contributed by atoms with E-state index >= 15 is 0 Å². The molecule has 0 amide bonds. The first kappa shape index (κ1) is 10.4. The molecule has 1 nitrogen and oxygen atoms in total. The standard InChI is InChI=1S/C8H15IO/c9-7-5-3-1-2-4-6-8-10/h4,6,10H,1-3,5,7-8H2/b6-4+. The van der Waals surface area contributed by atoms with Crippen molar-refractivity contribution >= 4 is 22.6 Å². The summed E-state index contributed by atoms with van der Waals surface area (Å²) in [4.78, 5) is 0. The Labute approximate surface area is 76.7 Å². The fourth-order valence-corrected chi connectivity index (χ4v) is 1.27. The fourth-order valence-electron chi connectivity index (χ4n) is 0.726. The third-order valence-electron chi connectivity index (χ3n) is 1.28. The van der Waals surface area contributed by atoms with E-state index in [9.17, 15) is 0 Å². The number of hydrogen-bond acceptors (Lipinski definition) is 1. The first-order valence-electron chi connectivity index (χ1n) is 3.73. The minimum atomic E-state index is 0.187. The van der Waals surface area contributed by atoms with Crippen molar-refractivity contribution in [1.29, 1.82) is 0 Å². The van der Waals surface area contributed by atoms with E-state index in [1.807, 2.05) is 12.2 Å². The molecule has 2 heteroatoms. The molecule has 0 saturated heterocycles. The van der Waals surface area contributed by atoms with Gasteiger partial charge >= 0.3 is 0 Å². The summed E-state index contributed by atoms with van der Waals surface area (Å²) in [5, 5.41) is 8.38. The Hall–Kier alpha value is 0.430. The van der Waals surface area contributed by atoms with Gasteiger partial charge < -0.3 is 5.11 Å². The van der Waals surface area contributed by atoms with Gasteiger partial charge in [0, 0.05) is 0 Å². The van der Waals surface area contributed by atoms with E-state index in [0.29, 0.717) is 0 Å². The predicted molar refractivity (Wildman–Crippen MR) is 53.6 cm³/mol. The highest BCUT2D eigenvalue weighted by Crippen LogP contribution is 2.02. The summed E-state index contributed by atoms with van der Waals surface area (Å²) in [7, 11) is 0. The lowest BCUT2D eigenvalue weighted by Gasteiger charge is -1.92. The number of rotatable bonds is 6. The van der Waals surface area contributed by atoms with Crippen molar-refractivity contribution in [3.05, 3.63) is 12.2 Å². The fraction of sp³-hybridized carbons (Fsp3) is 0.750. The number of aliphatic hydroxyl groups excluding tert-OH is 1. The lowest BCUT2D eigenvalue weighted by Crippen LogP contribution is -1.77. The molecule has 0 heterocycles. The van der Waals surface area contributed by atoms with Crippen LogP contribution in [0.1, 0.15) is 25.7 Å². The van der Waals surface area contributed by atoms with Crippen molar-refractivity contribution in [2.75, 3.05) is 11.0 Å². The van der Waals surface area contributed by atoms with Crippen LogP contribution in [0.5, 0.6) is 0 Å². The molecule has 1 N–H and O–H groups in total. The number of halogens is 1. The molecule has 0 unspecified atom stereocenters. The van der Waals surface area contributed by atoms with Crippen LogP contribution >= 0.6 is 22.6 Å². The smallest absolute Gasteiger partial charge is 0.0612 e.